The highest BCUT2D eigenvalue weighted by Gasteiger charge is 2.71. The number of esters is 2. The van der Waals surface area contributed by atoms with Crippen LogP contribution in [0.25, 0.3) is 0 Å². The molecule has 0 aliphatic heterocycles. The maximum absolute atomic E-state index is 13.2. The highest BCUT2D eigenvalue weighted by molar-refractivity contribution is 5.69. The van der Waals surface area contributed by atoms with E-state index in [2.05, 4.69) is 57.3 Å². The Bertz CT molecular complexity index is 1640. The molecule has 7 rings (SSSR count). The SMILES string of the molecule is C=C(C)[C@@H]1CC[C@]2(COC(=O)CC[n+]3ccccc3)CC[C@]3(C)C(CCC4[C@@]5(C)CC[C@H](OC(=O)CC[n+]6ccccc6)C(C)(C)C5CC[C@]43C)C12.[Cl-].[Cl-]. The van der Waals surface area contributed by atoms with Crippen molar-refractivity contribution in [2.45, 2.75) is 138 Å². The fourth-order valence-corrected chi connectivity index (χ4v) is 13.8. The van der Waals surface area contributed by atoms with Crippen LogP contribution in [0.5, 0.6) is 0 Å². The van der Waals surface area contributed by atoms with Crippen LogP contribution in [0.2, 0.25) is 0 Å². The van der Waals surface area contributed by atoms with Crippen molar-refractivity contribution in [3.63, 3.8) is 0 Å². The lowest BCUT2D eigenvalue weighted by Gasteiger charge is -2.73. The number of aromatic nitrogens is 2. The summed E-state index contributed by atoms with van der Waals surface area (Å²) >= 11 is 0. The van der Waals surface area contributed by atoms with Crippen molar-refractivity contribution >= 4 is 11.9 Å². The monoisotopic (exact) mass is 780 g/mol. The molecule has 0 aromatic carbocycles. The van der Waals surface area contributed by atoms with Crippen LogP contribution >= 0.6 is 0 Å². The first-order valence-corrected chi connectivity index (χ1v) is 20.6. The van der Waals surface area contributed by atoms with Gasteiger partial charge >= 0.3 is 11.9 Å². The average Bonchev–Trinajstić information content (AvgIpc) is 3.52. The van der Waals surface area contributed by atoms with Crippen LogP contribution in [-0.4, -0.2) is 24.6 Å². The number of aryl methyl sites for hydroxylation is 2. The molecule has 54 heavy (non-hydrogen) atoms. The van der Waals surface area contributed by atoms with Crippen LogP contribution in [0, 0.1) is 56.7 Å². The second-order valence-electron chi connectivity index (χ2n) is 19.3. The molecule has 5 aliphatic rings. The molecule has 2 aromatic rings. The van der Waals surface area contributed by atoms with Crippen molar-refractivity contribution < 1.29 is 53.0 Å². The second-order valence-corrected chi connectivity index (χ2v) is 19.3. The number of nitrogens with zero attached hydrogens (tertiary/aromatic N) is 2. The van der Waals surface area contributed by atoms with Gasteiger partial charge in [-0.1, -0.05) is 58.9 Å². The van der Waals surface area contributed by atoms with Crippen LogP contribution in [0.1, 0.15) is 119 Å². The summed E-state index contributed by atoms with van der Waals surface area (Å²) in [5.74, 6) is 2.66. The molecule has 5 fully saturated rings. The number of rotatable bonds is 10. The Morgan fingerprint density at radius 2 is 1.30 bits per heavy atom. The zero-order valence-corrected chi connectivity index (χ0v) is 35.3. The Hall–Kier alpha value is -2.44. The lowest BCUT2D eigenvalue weighted by molar-refractivity contribution is -0.696. The molecular formula is C46H66Cl2N2O4. The van der Waals surface area contributed by atoms with Gasteiger partial charge in [-0.3, -0.25) is 9.59 Å². The van der Waals surface area contributed by atoms with Gasteiger partial charge in [0.2, 0.25) is 0 Å². The van der Waals surface area contributed by atoms with Crippen LogP contribution in [0.3, 0.4) is 0 Å². The maximum Gasteiger partial charge on any atom is 0.312 e. The molecule has 5 aliphatic carbocycles. The standard InChI is InChI=1S/C46H66N2O4.2ClH/c1-33(2)34-16-23-46(32-51-39(49)19-30-47-26-10-8-11-27-47)25-24-44(6)35(41(34)46)14-15-37-43(5)21-18-38(42(3,4)36(43)17-22-45(37,44)7)52-40(50)20-31-48-28-12-9-13-29-48;;/h8-13,26-29,34-38,41H,1,14-25,30-32H2,2-7H3;2*1H/q+2;;/p-2/t34-,35?,36?,37?,38-,41?,43-,44+,45+,46+;;/m0../s1. The summed E-state index contributed by atoms with van der Waals surface area (Å²) in [5, 5.41) is 0. The predicted molar refractivity (Wildman–Crippen MR) is 202 cm³/mol. The Morgan fingerprint density at radius 1 is 0.685 bits per heavy atom. The maximum atomic E-state index is 13.2. The number of allylic oxidation sites excluding steroid dienone is 1. The van der Waals surface area contributed by atoms with E-state index < -0.39 is 0 Å². The van der Waals surface area contributed by atoms with E-state index in [4.69, 9.17) is 9.47 Å². The number of carbonyl (C=O) groups excluding carboxylic acids is 2. The number of hydrogen-bond donors (Lipinski definition) is 0. The van der Waals surface area contributed by atoms with Gasteiger partial charge in [-0.25, -0.2) is 9.13 Å². The molecule has 5 saturated carbocycles. The minimum Gasteiger partial charge on any atom is -1.00 e. The summed E-state index contributed by atoms with van der Waals surface area (Å²) < 4.78 is 16.7. The van der Waals surface area contributed by atoms with Gasteiger partial charge < -0.3 is 34.3 Å². The lowest BCUT2D eigenvalue weighted by atomic mass is 9.32. The van der Waals surface area contributed by atoms with E-state index in [1.165, 1.54) is 44.1 Å². The van der Waals surface area contributed by atoms with E-state index in [9.17, 15) is 9.59 Å². The largest absolute Gasteiger partial charge is 1.00 e. The zero-order chi connectivity index (χ0) is 36.9. The predicted octanol–water partition coefficient (Wildman–Crippen LogP) is 2.86. The molecule has 0 bridgehead atoms. The lowest BCUT2D eigenvalue weighted by Crippen LogP contribution is -3.00. The Balaban J connectivity index is 0.00000280. The van der Waals surface area contributed by atoms with E-state index in [0.29, 0.717) is 62.1 Å². The first-order valence-electron chi connectivity index (χ1n) is 20.6. The number of ether oxygens (including phenoxy) is 2. The molecule has 0 radical (unpaired) electrons. The molecule has 10 atom stereocenters. The number of fused-ring (bicyclic) bond motifs is 7. The first kappa shape index (κ1) is 42.7. The van der Waals surface area contributed by atoms with Gasteiger partial charge in [0.05, 0.1) is 6.61 Å². The minimum atomic E-state index is -0.0718. The number of pyridine rings is 2. The molecule has 0 saturated heterocycles. The van der Waals surface area contributed by atoms with Crippen molar-refractivity contribution in [1.29, 1.82) is 0 Å². The van der Waals surface area contributed by atoms with E-state index in [0.717, 1.165) is 25.7 Å². The van der Waals surface area contributed by atoms with E-state index in [1.807, 2.05) is 61.2 Å². The Labute approximate surface area is 338 Å². The van der Waals surface area contributed by atoms with Gasteiger partial charge in [0.1, 0.15) is 18.9 Å². The molecule has 2 aromatic heterocycles. The van der Waals surface area contributed by atoms with Gasteiger partial charge in [-0.15, -0.1) is 0 Å². The summed E-state index contributed by atoms with van der Waals surface area (Å²) in [4.78, 5) is 26.3. The van der Waals surface area contributed by atoms with Crippen molar-refractivity contribution in [1.82, 2.24) is 0 Å². The highest BCUT2D eigenvalue weighted by atomic mass is 35.5. The van der Waals surface area contributed by atoms with Gasteiger partial charge in [0.25, 0.3) is 0 Å². The normalized spacial score (nSPS) is 37.4. The van der Waals surface area contributed by atoms with Crippen molar-refractivity contribution in [3.05, 3.63) is 73.3 Å². The first-order chi connectivity index (χ1) is 24.7. The molecule has 0 amide bonds. The number of hydrogen-bond acceptors (Lipinski definition) is 4. The van der Waals surface area contributed by atoms with Crippen molar-refractivity contribution in [3.8, 4) is 0 Å². The third kappa shape index (κ3) is 7.30. The van der Waals surface area contributed by atoms with Gasteiger partial charge in [0, 0.05) is 35.1 Å². The molecular weight excluding hydrogens is 715 g/mol. The summed E-state index contributed by atoms with van der Waals surface area (Å²) in [7, 11) is 0. The third-order valence-electron chi connectivity index (χ3n) is 16.7. The molecule has 2 heterocycles. The number of halogens is 2. The highest BCUT2D eigenvalue weighted by Crippen LogP contribution is 2.77. The van der Waals surface area contributed by atoms with E-state index >= 15 is 0 Å². The second kappa shape index (κ2) is 16.2. The van der Waals surface area contributed by atoms with Crippen molar-refractivity contribution in [2.75, 3.05) is 6.61 Å². The molecule has 6 nitrogen and oxygen atoms in total. The van der Waals surface area contributed by atoms with E-state index in [-0.39, 0.29) is 69.9 Å². The molecule has 4 unspecified atom stereocenters. The molecule has 298 valence electrons. The van der Waals surface area contributed by atoms with E-state index in [1.54, 1.807) is 0 Å². The Morgan fingerprint density at radius 3 is 1.91 bits per heavy atom. The van der Waals surface area contributed by atoms with Crippen molar-refractivity contribution in [2.24, 2.45) is 56.7 Å². The molecule has 8 heteroatoms. The smallest absolute Gasteiger partial charge is 0.312 e. The quantitative estimate of drug-likeness (QED) is 0.212. The van der Waals surface area contributed by atoms with Crippen LogP contribution in [0.4, 0.5) is 0 Å². The molecule has 0 spiro atoms. The van der Waals surface area contributed by atoms with Gasteiger partial charge in [0.15, 0.2) is 37.9 Å². The average molecular weight is 782 g/mol. The van der Waals surface area contributed by atoms with Crippen LogP contribution < -0.4 is 33.9 Å². The van der Waals surface area contributed by atoms with Crippen LogP contribution in [0.15, 0.2) is 73.3 Å². The van der Waals surface area contributed by atoms with Gasteiger partial charge in [-0.2, -0.15) is 0 Å². The summed E-state index contributed by atoms with van der Waals surface area (Å²) in [5.41, 5.74) is 2.00. The summed E-state index contributed by atoms with van der Waals surface area (Å²) in [6.45, 7) is 21.5. The Kier molecular flexibility index (Phi) is 12.8. The van der Waals surface area contributed by atoms with Gasteiger partial charge in [-0.05, 0) is 117 Å². The molecule has 0 N–H and O–H groups in total. The fraction of sp³-hybridized carbons (Fsp3) is 0.696. The minimum absolute atomic E-state index is 0. The summed E-state index contributed by atoms with van der Waals surface area (Å²) in [6.07, 6.45) is 20.5. The number of carbonyl (C=O) groups is 2. The fourth-order valence-electron chi connectivity index (χ4n) is 13.8. The van der Waals surface area contributed by atoms with Crippen LogP contribution in [-0.2, 0) is 32.2 Å². The topological polar surface area (TPSA) is 60.4 Å². The summed E-state index contributed by atoms with van der Waals surface area (Å²) in [6, 6.07) is 12.0. The third-order valence-corrected chi connectivity index (χ3v) is 16.7. The zero-order valence-electron chi connectivity index (χ0n) is 33.8.